The van der Waals surface area contributed by atoms with Gasteiger partial charge in [-0.25, -0.2) is 19.2 Å². The number of fused-ring (bicyclic) bond motifs is 1. The largest absolute Gasteiger partial charge is 0.487 e. The Labute approximate surface area is 227 Å². The lowest BCUT2D eigenvalue weighted by Crippen LogP contribution is -2.37. The van der Waals surface area contributed by atoms with E-state index in [2.05, 4.69) is 9.97 Å². The van der Waals surface area contributed by atoms with Gasteiger partial charge in [0.05, 0.1) is 28.7 Å². The minimum absolute atomic E-state index is 0.0595. The number of halogens is 1. The zero-order valence-corrected chi connectivity index (χ0v) is 23.1. The summed E-state index contributed by atoms with van der Waals surface area (Å²) in [6.45, 7) is 9.77. The lowest BCUT2D eigenvalue weighted by atomic mass is 9.93. The Bertz CT molecular complexity index is 1470. The van der Waals surface area contributed by atoms with E-state index in [1.54, 1.807) is 30.7 Å². The molecule has 0 aliphatic heterocycles. The topological polar surface area (TPSA) is 87.3 Å². The van der Waals surface area contributed by atoms with Gasteiger partial charge in [-0.15, -0.1) is 0 Å². The predicted octanol–water partition coefficient (Wildman–Crippen LogP) is 6.39. The van der Waals surface area contributed by atoms with E-state index in [4.69, 9.17) is 14.6 Å². The highest BCUT2D eigenvalue weighted by Crippen LogP contribution is 2.35. The van der Waals surface area contributed by atoms with Crippen molar-refractivity contribution in [3.63, 3.8) is 0 Å². The molecule has 1 aliphatic rings. The summed E-state index contributed by atoms with van der Waals surface area (Å²) >= 11 is 0. The number of ether oxygens (including phenoxy) is 2. The van der Waals surface area contributed by atoms with E-state index >= 15 is 0 Å². The summed E-state index contributed by atoms with van der Waals surface area (Å²) in [5, 5.41) is 5.88. The first-order chi connectivity index (χ1) is 18.6. The number of benzene rings is 1. The van der Waals surface area contributed by atoms with Gasteiger partial charge in [-0.1, -0.05) is 12.1 Å². The number of imidazole rings is 1. The lowest BCUT2D eigenvalue weighted by molar-refractivity contribution is 0.0581. The van der Waals surface area contributed by atoms with Crippen LogP contribution < -0.4 is 9.64 Å². The number of pyridine rings is 1. The predicted molar refractivity (Wildman–Crippen MR) is 147 cm³/mol. The molecule has 0 bridgehead atoms. The maximum atomic E-state index is 14.1. The molecule has 1 fully saturated rings. The van der Waals surface area contributed by atoms with E-state index in [-0.39, 0.29) is 18.0 Å². The van der Waals surface area contributed by atoms with Gasteiger partial charge in [0.25, 0.3) is 0 Å². The van der Waals surface area contributed by atoms with Crippen LogP contribution >= 0.6 is 0 Å². The van der Waals surface area contributed by atoms with Crippen LogP contribution in [-0.4, -0.2) is 48.7 Å². The van der Waals surface area contributed by atoms with E-state index in [0.29, 0.717) is 18.1 Å². The second-order valence-corrected chi connectivity index (χ2v) is 11.0. The average Bonchev–Trinajstić information content (AvgIpc) is 3.48. The summed E-state index contributed by atoms with van der Waals surface area (Å²) in [5.41, 5.74) is 1.14. The second-order valence-electron chi connectivity index (χ2n) is 11.0. The van der Waals surface area contributed by atoms with Gasteiger partial charge in [-0.3, -0.25) is 14.1 Å². The van der Waals surface area contributed by atoms with E-state index in [9.17, 15) is 9.18 Å². The zero-order valence-electron chi connectivity index (χ0n) is 23.1. The molecule has 0 spiro atoms. The molecule has 10 heteroatoms. The number of aromatic nitrogens is 5. The lowest BCUT2D eigenvalue weighted by Gasteiger charge is -2.30. The minimum atomic E-state index is -0.619. The van der Waals surface area contributed by atoms with Crippen molar-refractivity contribution in [1.82, 2.24) is 24.3 Å². The number of carbonyl (C=O) groups is 1. The summed E-state index contributed by atoms with van der Waals surface area (Å²) < 4.78 is 29.7. The Hall–Kier alpha value is -3.95. The summed E-state index contributed by atoms with van der Waals surface area (Å²) in [7, 11) is 0. The molecule has 5 rings (SSSR count). The first-order valence-electron chi connectivity index (χ1n) is 13.4. The number of hydrogen-bond donors (Lipinski definition) is 0. The second kappa shape index (κ2) is 10.7. The molecule has 0 atom stereocenters. The standard InChI is InChI=1S/C29H35FN6O3/c1-6-35(28(37)39-29(3,4)5)26-15-24-22(16-31-26)27(34-17-19(2)32-18-34)33-36(24)20-11-13-21(14-12-20)38-25-10-8-7-9-23(25)30/h7-10,15-18,20-21H,6,11-14H2,1-5H3/t20-,21+. The van der Waals surface area contributed by atoms with Crippen LogP contribution in [0.15, 0.2) is 49.1 Å². The number of hydrogen-bond acceptors (Lipinski definition) is 6. The number of nitrogens with zero attached hydrogens (tertiary/aromatic N) is 6. The number of anilines is 1. The van der Waals surface area contributed by atoms with Crippen LogP contribution in [0.2, 0.25) is 0 Å². The molecule has 1 aromatic carbocycles. The van der Waals surface area contributed by atoms with Crippen LogP contribution in [0.25, 0.3) is 16.7 Å². The molecule has 3 heterocycles. The van der Waals surface area contributed by atoms with Crippen LogP contribution in [0.4, 0.5) is 15.0 Å². The molecule has 4 aromatic rings. The summed E-state index contributed by atoms with van der Waals surface area (Å²) in [6.07, 6.45) is 8.12. The van der Waals surface area contributed by atoms with Crippen LogP contribution in [-0.2, 0) is 4.74 Å². The van der Waals surface area contributed by atoms with E-state index in [1.165, 1.54) is 11.0 Å². The molecule has 0 N–H and O–H groups in total. The van der Waals surface area contributed by atoms with Crippen LogP contribution in [0.5, 0.6) is 5.75 Å². The highest BCUT2D eigenvalue weighted by atomic mass is 19.1. The molecule has 39 heavy (non-hydrogen) atoms. The molecular weight excluding hydrogens is 499 g/mol. The molecule has 1 saturated carbocycles. The van der Waals surface area contributed by atoms with Gasteiger partial charge in [0.1, 0.15) is 17.7 Å². The highest BCUT2D eigenvalue weighted by molar-refractivity contribution is 5.92. The monoisotopic (exact) mass is 534 g/mol. The Morgan fingerprint density at radius 2 is 1.90 bits per heavy atom. The molecular formula is C29H35FN6O3. The minimum Gasteiger partial charge on any atom is -0.487 e. The van der Waals surface area contributed by atoms with Gasteiger partial charge in [0, 0.05) is 25.0 Å². The average molecular weight is 535 g/mol. The van der Waals surface area contributed by atoms with E-state index in [0.717, 1.165) is 48.1 Å². The first-order valence-corrected chi connectivity index (χ1v) is 13.4. The quantitative estimate of drug-likeness (QED) is 0.285. The van der Waals surface area contributed by atoms with Crippen molar-refractivity contribution in [1.29, 1.82) is 0 Å². The van der Waals surface area contributed by atoms with Crippen molar-refractivity contribution in [2.45, 2.75) is 78.0 Å². The normalized spacial score (nSPS) is 17.8. The smallest absolute Gasteiger partial charge is 0.415 e. The number of carbonyl (C=O) groups excluding carboxylic acids is 1. The van der Waals surface area contributed by atoms with Crippen LogP contribution in [0.3, 0.4) is 0 Å². The Balaban J connectivity index is 1.46. The Morgan fingerprint density at radius 1 is 1.15 bits per heavy atom. The van der Waals surface area contributed by atoms with Crippen molar-refractivity contribution in [3.05, 3.63) is 60.6 Å². The van der Waals surface area contributed by atoms with Crippen LogP contribution in [0, 0.1) is 12.7 Å². The SMILES string of the molecule is CCN(C(=O)OC(C)(C)C)c1cc2c(cn1)c(-n1cnc(C)c1)nn2[C@H]1CC[C@@H](Oc2ccccc2F)CC1. The zero-order chi connectivity index (χ0) is 27.7. The number of amides is 1. The fourth-order valence-corrected chi connectivity index (χ4v) is 4.99. The summed E-state index contributed by atoms with van der Waals surface area (Å²) in [5.74, 6) is 1.18. The number of aryl methyl sites for hydroxylation is 1. The molecule has 1 aliphatic carbocycles. The van der Waals surface area contributed by atoms with Gasteiger partial charge >= 0.3 is 6.09 Å². The van der Waals surface area contributed by atoms with Gasteiger partial charge in [0.2, 0.25) is 0 Å². The van der Waals surface area contributed by atoms with Gasteiger partial charge < -0.3 is 9.47 Å². The third-order valence-electron chi connectivity index (χ3n) is 6.84. The van der Waals surface area contributed by atoms with Crippen molar-refractivity contribution in [2.24, 2.45) is 0 Å². The van der Waals surface area contributed by atoms with Crippen LogP contribution in [0.1, 0.15) is 65.1 Å². The Morgan fingerprint density at radius 3 is 2.54 bits per heavy atom. The molecule has 3 aromatic heterocycles. The van der Waals surface area contributed by atoms with Gasteiger partial charge in [-0.05, 0) is 72.4 Å². The van der Waals surface area contributed by atoms with Gasteiger partial charge in [-0.2, -0.15) is 5.10 Å². The van der Waals surface area contributed by atoms with E-state index < -0.39 is 11.7 Å². The summed E-state index contributed by atoms with van der Waals surface area (Å²) in [4.78, 5) is 23.5. The molecule has 9 nitrogen and oxygen atoms in total. The highest BCUT2D eigenvalue weighted by Gasteiger charge is 2.29. The molecule has 206 valence electrons. The molecule has 0 saturated heterocycles. The fraction of sp³-hybridized carbons (Fsp3) is 0.448. The number of rotatable bonds is 6. The van der Waals surface area contributed by atoms with Crippen molar-refractivity contribution < 1.29 is 18.7 Å². The third kappa shape index (κ3) is 5.74. The fourth-order valence-electron chi connectivity index (χ4n) is 4.99. The molecule has 1 amide bonds. The van der Waals surface area contributed by atoms with Crippen molar-refractivity contribution in [2.75, 3.05) is 11.4 Å². The number of para-hydroxylation sites is 1. The third-order valence-corrected chi connectivity index (χ3v) is 6.84. The maximum Gasteiger partial charge on any atom is 0.415 e. The first kappa shape index (κ1) is 26.6. The van der Waals surface area contributed by atoms with Gasteiger partial charge in [0.15, 0.2) is 17.4 Å². The Kier molecular flexibility index (Phi) is 7.29. The van der Waals surface area contributed by atoms with E-state index in [1.807, 2.05) is 56.1 Å². The molecule has 0 radical (unpaired) electrons. The summed E-state index contributed by atoms with van der Waals surface area (Å²) in [6, 6.07) is 8.54. The van der Waals surface area contributed by atoms with Crippen molar-refractivity contribution in [3.8, 4) is 11.6 Å². The van der Waals surface area contributed by atoms with Crippen molar-refractivity contribution >= 4 is 22.8 Å². The maximum absolute atomic E-state index is 14.1. The molecule has 0 unspecified atom stereocenters.